The molecule has 3 heteroatoms. The van der Waals surface area contributed by atoms with Gasteiger partial charge in [-0.1, -0.05) is 18.2 Å². The Morgan fingerprint density at radius 3 is 3.00 bits per heavy atom. The normalized spacial score (nSPS) is 16.6. The van der Waals surface area contributed by atoms with Crippen molar-refractivity contribution in [2.24, 2.45) is 4.99 Å². The molecule has 0 saturated carbocycles. The molecule has 0 bridgehead atoms. The molecule has 1 aliphatic rings. The van der Waals surface area contributed by atoms with Gasteiger partial charge < -0.3 is 10.3 Å². The summed E-state index contributed by atoms with van der Waals surface area (Å²) in [7, 11) is 0. The molecular formula is C13H15N3. The van der Waals surface area contributed by atoms with Gasteiger partial charge in [0.1, 0.15) is 5.84 Å². The summed E-state index contributed by atoms with van der Waals surface area (Å²) in [6.45, 7) is 1.95. The Hall–Kier alpha value is -1.77. The van der Waals surface area contributed by atoms with Gasteiger partial charge in [-0.3, -0.25) is 4.99 Å². The first-order valence-electron chi connectivity index (χ1n) is 5.80. The number of nitrogens with one attached hydrogen (secondary N) is 2. The fourth-order valence-corrected chi connectivity index (χ4v) is 2.07. The van der Waals surface area contributed by atoms with Crippen LogP contribution in [0.25, 0.3) is 10.9 Å². The maximum atomic E-state index is 4.56. The maximum absolute atomic E-state index is 4.56. The molecule has 0 amide bonds. The molecule has 0 aliphatic carbocycles. The van der Waals surface area contributed by atoms with E-state index in [4.69, 9.17) is 0 Å². The van der Waals surface area contributed by atoms with Crippen LogP contribution in [0.5, 0.6) is 0 Å². The average molecular weight is 213 g/mol. The number of H-pyrrole nitrogens is 1. The van der Waals surface area contributed by atoms with E-state index in [1.54, 1.807) is 0 Å². The zero-order valence-electron chi connectivity index (χ0n) is 9.16. The predicted molar refractivity (Wildman–Crippen MR) is 66.9 cm³/mol. The van der Waals surface area contributed by atoms with Gasteiger partial charge in [-0.05, 0) is 25.0 Å². The number of aliphatic imine (C=N–C) groups is 1. The van der Waals surface area contributed by atoms with E-state index in [2.05, 4.69) is 39.6 Å². The van der Waals surface area contributed by atoms with Crippen molar-refractivity contribution < 1.29 is 0 Å². The Labute approximate surface area is 94.6 Å². The molecule has 1 aliphatic heterocycles. The number of benzene rings is 1. The molecule has 3 rings (SSSR count). The van der Waals surface area contributed by atoms with Crippen molar-refractivity contribution in [3.05, 3.63) is 36.0 Å². The fraction of sp³-hybridized carbons (Fsp3) is 0.308. The molecule has 1 aromatic heterocycles. The second-order valence-corrected chi connectivity index (χ2v) is 4.13. The lowest BCUT2D eigenvalue weighted by Gasteiger charge is -2.03. The van der Waals surface area contributed by atoms with Crippen LogP contribution in [0.15, 0.2) is 35.3 Å². The molecule has 2 aromatic rings. The summed E-state index contributed by atoms with van der Waals surface area (Å²) >= 11 is 0. The molecule has 0 fully saturated rings. The average Bonchev–Trinajstić information content (AvgIpc) is 2.56. The van der Waals surface area contributed by atoms with Crippen LogP contribution in [-0.4, -0.2) is 23.9 Å². The van der Waals surface area contributed by atoms with Crippen LogP contribution in [0.1, 0.15) is 18.5 Å². The van der Waals surface area contributed by atoms with Crippen molar-refractivity contribution in [2.45, 2.75) is 12.8 Å². The summed E-state index contributed by atoms with van der Waals surface area (Å²) in [5, 5.41) is 4.62. The highest BCUT2D eigenvalue weighted by molar-refractivity contribution is 6.01. The van der Waals surface area contributed by atoms with E-state index in [1.165, 1.54) is 23.7 Å². The lowest BCUT2D eigenvalue weighted by atomic mass is 10.2. The Balaban J connectivity index is 2.01. The SMILES string of the molecule is c1ccc2[nH]c(C3=NCCCCN3)cc2c1. The molecule has 16 heavy (non-hydrogen) atoms. The Morgan fingerprint density at radius 2 is 2.06 bits per heavy atom. The van der Waals surface area contributed by atoms with Crippen LogP contribution in [0.4, 0.5) is 0 Å². The van der Waals surface area contributed by atoms with E-state index < -0.39 is 0 Å². The molecule has 0 saturated heterocycles. The van der Waals surface area contributed by atoms with Crippen molar-refractivity contribution in [2.75, 3.05) is 13.1 Å². The molecule has 1 aromatic carbocycles. The topological polar surface area (TPSA) is 40.2 Å². The van der Waals surface area contributed by atoms with Gasteiger partial charge in [0, 0.05) is 24.0 Å². The molecule has 0 atom stereocenters. The summed E-state index contributed by atoms with van der Waals surface area (Å²) in [6.07, 6.45) is 2.38. The largest absolute Gasteiger partial charge is 0.369 e. The van der Waals surface area contributed by atoms with Gasteiger partial charge in [-0.15, -0.1) is 0 Å². The highest BCUT2D eigenvalue weighted by atomic mass is 15.0. The number of aromatic amines is 1. The van der Waals surface area contributed by atoms with E-state index in [0.29, 0.717) is 0 Å². The maximum Gasteiger partial charge on any atom is 0.145 e. The van der Waals surface area contributed by atoms with Crippen molar-refractivity contribution >= 4 is 16.7 Å². The number of fused-ring (bicyclic) bond motifs is 1. The summed E-state index contributed by atoms with van der Waals surface area (Å²) in [5.74, 6) is 1.01. The summed E-state index contributed by atoms with van der Waals surface area (Å²) < 4.78 is 0. The van der Waals surface area contributed by atoms with E-state index in [0.717, 1.165) is 24.6 Å². The van der Waals surface area contributed by atoms with E-state index in [-0.39, 0.29) is 0 Å². The quantitative estimate of drug-likeness (QED) is 0.749. The third kappa shape index (κ3) is 1.69. The number of para-hydroxylation sites is 1. The number of hydrogen-bond acceptors (Lipinski definition) is 2. The molecule has 3 nitrogen and oxygen atoms in total. The van der Waals surface area contributed by atoms with Crippen LogP contribution in [0.2, 0.25) is 0 Å². The van der Waals surface area contributed by atoms with Crippen molar-refractivity contribution in [1.29, 1.82) is 0 Å². The Morgan fingerprint density at radius 1 is 1.12 bits per heavy atom. The van der Waals surface area contributed by atoms with Crippen LogP contribution in [0.3, 0.4) is 0 Å². The first kappa shape index (κ1) is 9.46. The fourth-order valence-electron chi connectivity index (χ4n) is 2.07. The number of rotatable bonds is 1. The monoisotopic (exact) mass is 213 g/mol. The summed E-state index contributed by atoms with van der Waals surface area (Å²) in [4.78, 5) is 7.96. The highest BCUT2D eigenvalue weighted by Crippen LogP contribution is 2.15. The second-order valence-electron chi connectivity index (χ2n) is 4.13. The minimum absolute atomic E-state index is 0.928. The lowest BCUT2D eigenvalue weighted by molar-refractivity contribution is 0.749. The van der Waals surface area contributed by atoms with Crippen molar-refractivity contribution in [3.8, 4) is 0 Å². The minimum atomic E-state index is 0.928. The predicted octanol–water partition coefficient (Wildman–Crippen LogP) is 2.30. The molecule has 2 heterocycles. The van der Waals surface area contributed by atoms with E-state index in [9.17, 15) is 0 Å². The van der Waals surface area contributed by atoms with Gasteiger partial charge in [0.25, 0.3) is 0 Å². The Bertz CT molecular complexity index is 492. The molecule has 0 spiro atoms. The van der Waals surface area contributed by atoms with Crippen LogP contribution < -0.4 is 5.32 Å². The van der Waals surface area contributed by atoms with E-state index >= 15 is 0 Å². The van der Waals surface area contributed by atoms with Gasteiger partial charge in [0.15, 0.2) is 0 Å². The van der Waals surface area contributed by atoms with Crippen LogP contribution in [0, 0.1) is 0 Å². The standard InChI is InChI=1S/C13H15N3/c1-2-6-11-10(5-1)9-12(16-11)13-14-7-3-4-8-15-13/h1-2,5-6,9,16H,3-4,7-8H2,(H,14,15). The highest BCUT2D eigenvalue weighted by Gasteiger charge is 2.08. The van der Waals surface area contributed by atoms with Crippen molar-refractivity contribution in [3.63, 3.8) is 0 Å². The first-order valence-corrected chi connectivity index (χ1v) is 5.80. The summed E-state index contributed by atoms with van der Waals surface area (Å²) in [6, 6.07) is 10.5. The molecule has 0 unspecified atom stereocenters. The van der Waals surface area contributed by atoms with Gasteiger partial charge in [-0.2, -0.15) is 0 Å². The molecular weight excluding hydrogens is 198 g/mol. The smallest absolute Gasteiger partial charge is 0.145 e. The number of aromatic nitrogens is 1. The number of nitrogens with zero attached hydrogens (tertiary/aromatic N) is 1. The molecule has 82 valence electrons. The van der Waals surface area contributed by atoms with Crippen molar-refractivity contribution in [1.82, 2.24) is 10.3 Å². The van der Waals surface area contributed by atoms with Crippen LogP contribution in [-0.2, 0) is 0 Å². The number of hydrogen-bond donors (Lipinski definition) is 2. The third-order valence-corrected chi connectivity index (χ3v) is 2.93. The summed E-state index contributed by atoms with van der Waals surface area (Å²) in [5.41, 5.74) is 2.27. The zero-order chi connectivity index (χ0) is 10.8. The van der Waals surface area contributed by atoms with Gasteiger partial charge >= 0.3 is 0 Å². The Kier molecular flexibility index (Phi) is 2.37. The number of amidine groups is 1. The van der Waals surface area contributed by atoms with Crippen LogP contribution >= 0.6 is 0 Å². The van der Waals surface area contributed by atoms with Gasteiger partial charge in [0.05, 0.1) is 5.69 Å². The van der Waals surface area contributed by atoms with Gasteiger partial charge in [-0.25, -0.2) is 0 Å². The minimum Gasteiger partial charge on any atom is -0.369 e. The lowest BCUT2D eigenvalue weighted by Crippen LogP contribution is -2.24. The third-order valence-electron chi connectivity index (χ3n) is 2.93. The molecule has 0 radical (unpaired) electrons. The first-order chi connectivity index (χ1) is 7.93. The van der Waals surface area contributed by atoms with Gasteiger partial charge in [0.2, 0.25) is 0 Å². The zero-order valence-corrected chi connectivity index (χ0v) is 9.16. The molecule has 2 N–H and O–H groups in total. The van der Waals surface area contributed by atoms with E-state index in [1.807, 2.05) is 6.07 Å². The second kappa shape index (κ2) is 4.00.